The van der Waals surface area contributed by atoms with Gasteiger partial charge in [-0.3, -0.25) is 0 Å². The molecule has 0 aliphatic carbocycles. The molecule has 0 saturated heterocycles. The van der Waals surface area contributed by atoms with Crippen LogP contribution in [-0.2, 0) is 13.0 Å². The summed E-state index contributed by atoms with van der Waals surface area (Å²) < 4.78 is 16.0. The number of imidazole rings is 1. The number of benzene rings is 1. The standard InChI is InChI=1S/C14H17BrFN3/c1-2-11(17)8-13-18-6-7-19(13)9-10-4-3-5-12(16)14(10)15/h3-7,11H,2,8-9,17H2,1H3. The summed E-state index contributed by atoms with van der Waals surface area (Å²) in [4.78, 5) is 4.33. The Morgan fingerprint density at radius 2 is 2.26 bits per heavy atom. The summed E-state index contributed by atoms with van der Waals surface area (Å²) in [6, 6.07) is 5.16. The minimum Gasteiger partial charge on any atom is -0.330 e. The van der Waals surface area contributed by atoms with Gasteiger partial charge >= 0.3 is 0 Å². The number of hydrogen-bond acceptors (Lipinski definition) is 2. The molecule has 0 radical (unpaired) electrons. The zero-order chi connectivity index (χ0) is 13.8. The van der Waals surface area contributed by atoms with Crippen LogP contribution >= 0.6 is 15.9 Å². The molecule has 1 aromatic carbocycles. The summed E-state index contributed by atoms with van der Waals surface area (Å²) in [5.74, 6) is 0.690. The molecule has 0 aliphatic heterocycles. The first kappa shape index (κ1) is 14.2. The molecule has 2 N–H and O–H groups in total. The van der Waals surface area contributed by atoms with Gasteiger partial charge in [-0.2, -0.15) is 0 Å². The average Bonchev–Trinajstić information content (AvgIpc) is 2.82. The Hall–Kier alpha value is -1.20. The van der Waals surface area contributed by atoms with Gasteiger partial charge in [0.25, 0.3) is 0 Å². The molecular weight excluding hydrogens is 309 g/mol. The van der Waals surface area contributed by atoms with Crippen LogP contribution in [0.25, 0.3) is 0 Å². The molecule has 2 rings (SSSR count). The second-order valence-corrected chi connectivity index (χ2v) is 5.35. The number of nitrogens with zero attached hydrogens (tertiary/aromatic N) is 2. The van der Waals surface area contributed by atoms with Crippen LogP contribution in [-0.4, -0.2) is 15.6 Å². The van der Waals surface area contributed by atoms with E-state index in [-0.39, 0.29) is 11.9 Å². The van der Waals surface area contributed by atoms with Gasteiger partial charge in [0.05, 0.1) is 4.47 Å². The molecule has 1 unspecified atom stereocenters. The van der Waals surface area contributed by atoms with Gasteiger partial charge in [0.15, 0.2) is 0 Å². The zero-order valence-corrected chi connectivity index (χ0v) is 12.4. The summed E-state index contributed by atoms with van der Waals surface area (Å²) in [5, 5.41) is 0. The fraction of sp³-hybridized carbons (Fsp3) is 0.357. The SMILES string of the molecule is CCC(N)Cc1nccn1Cc1cccc(F)c1Br. The maximum absolute atomic E-state index is 13.5. The molecule has 0 fully saturated rings. The molecule has 5 heteroatoms. The molecule has 2 aromatic rings. The second kappa shape index (κ2) is 6.30. The monoisotopic (exact) mass is 325 g/mol. The quantitative estimate of drug-likeness (QED) is 0.917. The Bertz CT molecular complexity index is 553. The molecule has 0 amide bonds. The van der Waals surface area contributed by atoms with Gasteiger partial charge in [-0.15, -0.1) is 0 Å². The second-order valence-electron chi connectivity index (χ2n) is 4.56. The number of hydrogen-bond donors (Lipinski definition) is 1. The lowest BCUT2D eigenvalue weighted by molar-refractivity contribution is 0.591. The molecule has 3 nitrogen and oxygen atoms in total. The van der Waals surface area contributed by atoms with Gasteiger partial charge in [-0.25, -0.2) is 9.37 Å². The highest BCUT2D eigenvalue weighted by molar-refractivity contribution is 9.10. The van der Waals surface area contributed by atoms with Crippen LogP contribution in [0.2, 0.25) is 0 Å². The fourth-order valence-corrected chi connectivity index (χ4v) is 2.30. The summed E-state index contributed by atoms with van der Waals surface area (Å²) in [5.41, 5.74) is 6.85. The highest BCUT2D eigenvalue weighted by Gasteiger charge is 2.10. The topological polar surface area (TPSA) is 43.8 Å². The first-order valence-corrected chi connectivity index (χ1v) is 7.09. The third kappa shape index (κ3) is 3.42. The van der Waals surface area contributed by atoms with Gasteiger partial charge < -0.3 is 10.3 Å². The molecule has 0 saturated carbocycles. The van der Waals surface area contributed by atoms with Crippen molar-refractivity contribution >= 4 is 15.9 Å². The third-order valence-electron chi connectivity index (χ3n) is 3.14. The minimum absolute atomic E-state index is 0.108. The highest BCUT2D eigenvalue weighted by Crippen LogP contribution is 2.21. The van der Waals surface area contributed by atoms with Crippen LogP contribution in [0, 0.1) is 5.82 Å². The van der Waals surface area contributed by atoms with Gasteiger partial charge in [0.2, 0.25) is 0 Å². The maximum Gasteiger partial charge on any atom is 0.137 e. The number of aromatic nitrogens is 2. The first-order valence-electron chi connectivity index (χ1n) is 6.30. The predicted octanol–water partition coefficient (Wildman–Crippen LogP) is 3.11. The van der Waals surface area contributed by atoms with Gasteiger partial charge in [-0.1, -0.05) is 19.1 Å². The molecule has 102 valence electrons. The van der Waals surface area contributed by atoms with Crippen molar-refractivity contribution in [3.8, 4) is 0 Å². The van der Waals surface area contributed by atoms with Crippen LogP contribution in [0.3, 0.4) is 0 Å². The van der Waals surface area contributed by atoms with E-state index in [1.165, 1.54) is 6.07 Å². The Morgan fingerprint density at radius 1 is 1.47 bits per heavy atom. The van der Waals surface area contributed by atoms with E-state index in [1.54, 1.807) is 12.3 Å². The largest absolute Gasteiger partial charge is 0.330 e. The van der Waals surface area contributed by atoms with Gasteiger partial charge in [-0.05, 0) is 34.0 Å². The molecule has 19 heavy (non-hydrogen) atoms. The molecule has 0 spiro atoms. The van der Waals surface area contributed by atoms with Crippen LogP contribution < -0.4 is 5.73 Å². The lowest BCUT2D eigenvalue weighted by Gasteiger charge is -2.12. The fourth-order valence-electron chi connectivity index (χ4n) is 1.91. The molecule has 1 heterocycles. The summed E-state index contributed by atoms with van der Waals surface area (Å²) in [6.45, 7) is 2.64. The zero-order valence-electron chi connectivity index (χ0n) is 10.8. The maximum atomic E-state index is 13.5. The summed E-state index contributed by atoms with van der Waals surface area (Å²) >= 11 is 3.28. The van der Waals surface area contributed by atoms with Crippen molar-refractivity contribution in [3.63, 3.8) is 0 Å². The van der Waals surface area contributed by atoms with Crippen LogP contribution in [0.1, 0.15) is 24.7 Å². The molecule has 1 aromatic heterocycles. The number of rotatable bonds is 5. The van der Waals surface area contributed by atoms with Crippen molar-refractivity contribution in [1.29, 1.82) is 0 Å². The van der Waals surface area contributed by atoms with Crippen LogP contribution in [0.4, 0.5) is 4.39 Å². The van der Waals surface area contributed by atoms with Crippen LogP contribution in [0.5, 0.6) is 0 Å². The minimum atomic E-state index is -0.246. The van der Waals surface area contributed by atoms with E-state index in [9.17, 15) is 4.39 Å². The Balaban J connectivity index is 2.20. The van der Waals surface area contributed by atoms with Crippen molar-refractivity contribution in [2.24, 2.45) is 5.73 Å². The number of nitrogens with two attached hydrogens (primary N) is 1. The van der Waals surface area contributed by atoms with E-state index in [2.05, 4.69) is 27.8 Å². The average molecular weight is 326 g/mol. The lowest BCUT2D eigenvalue weighted by atomic mass is 10.1. The van der Waals surface area contributed by atoms with Crippen molar-refractivity contribution in [2.45, 2.75) is 32.4 Å². The first-order chi connectivity index (χ1) is 9.11. The van der Waals surface area contributed by atoms with Crippen LogP contribution in [0.15, 0.2) is 35.1 Å². The molecular formula is C14H17BrFN3. The lowest BCUT2D eigenvalue weighted by Crippen LogP contribution is -2.23. The Kier molecular flexibility index (Phi) is 4.71. The Morgan fingerprint density at radius 3 is 3.00 bits per heavy atom. The normalized spacial score (nSPS) is 12.6. The smallest absolute Gasteiger partial charge is 0.137 e. The third-order valence-corrected chi connectivity index (χ3v) is 4.03. The van der Waals surface area contributed by atoms with Crippen molar-refractivity contribution in [1.82, 2.24) is 9.55 Å². The van der Waals surface area contributed by atoms with Gasteiger partial charge in [0, 0.05) is 31.4 Å². The summed E-state index contributed by atoms with van der Waals surface area (Å²) in [7, 11) is 0. The highest BCUT2D eigenvalue weighted by atomic mass is 79.9. The van der Waals surface area contributed by atoms with Crippen molar-refractivity contribution < 1.29 is 4.39 Å². The van der Waals surface area contributed by atoms with Crippen molar-refractivity contribution in [2.75, 3.05) is 0 Å². The molecule has 1 atom stereocenters. The predicted molar refractivity (Wildman–Crippen MR) is 77.4 cm³/mol. The molecule has 0 aliphatic rings. The van der Waals surface area contributed by atoms with E-state index in [4.69, 9.17) is 5.73 Å². The van der Waals surface area contributed by atoms with Crippen molar-refractivity contribution in [3.05, 3.63) is 52.3 Å². The summed E-state index contributed by atoms with van der Waals surface area (Å²) in [6.07, 6.45) is 5.30. The van der Waals surface area contributed by atoms with E-state index in [0.29, 0.717) is 11.0 Å². The van der Waals surface area contributed by atoms with Gasteiger partial charge in [0.1, 0.15) is 11.6 Å². The van der Waals surface area contributed by atoms with E-state index in [0.717, 1.165) is 24.2 Å². The number of halogens is 2. The van der Waals surface area contributed by atoms with E-state index < -0.39 is 0 Å². The molecule has 0 bridgehead atoms. The van der Waals surface area contributed by atoms with E-state index in [1.807, 2.05) is 16.8 Å². The Labute approximate surface area is 120 Å². The van der Waals surface area contributed by atoms with E-state index >= 15 is 0 Å².